The van der Waals surface area contributed by atoms with E-state index in [1.807, 2.05) is 24.3 Å². The lowest BCUT2D eigenvalue weighted by molar-refractivity contribution is 0.0697. The highest BCUT2D eigenvalue weighted by Crippen LogP contribution is 2.30. The largest absolute Gasteiger partial charge is 0.478 e. The number of halogens is 1. The van der Waals surface area contributed by atoms with Crippen LogP contribution in [0.4, 0.5) is 0 Å². The number of hydrogen-bond donors (Lipinski definition) is 2. The van der Waals surface area contributed by atoms with E-state index in [1.54, 1.807) is 34.1 Å². The number of carbonyl (C=O) groups is 2. The summed E-state index contributed by atoms with van der Waals surface area (Å²) in [6.45, 7) is 6.58. The van der Waals surface area contributed by atoms with Gasteiger partial charge < -0.3 is 19.9 Å². The maximum Gasteiger partial charge on any atom is 0.337 e. The number of para-hydroxylation sites is 1. The number of amides is 1. The van der Waals surface area contributed by atoms with Crippen molar-refractivity contribution in [2.75, 3.05) is 13.1 Å². The molecular weight excluding hydrogens is 484 g/mol. The van der Waals surface area contributed by atoms with E-state index in [0.717, 1.165) is 40.9 Å². The normalized spacial score (nSPS) is 15.3. The molecule has 3 heterocycles. The number of nitrogens with zero attached hydrogens (tertiary/aromatic N) is 3. The Kier molecular flexibility index (Phi) is 6.53. The summed E-state index contributed by atoms with van der Waals surface area (Å²) in [5.74, 6) is -1.09. The molecule has 4 aromatic rings. The summed E-state index contributed by atoms with van der Waals surface area (Å²) in [6, 6.07) is 13.3. The molecule has 2 aromatic carbocycles. The zero-order valence-electron chi connectivity index (χ0n) is 19.6. The van der Waals surface area contributed by atoms with Crippen LogP contribution < -0.4 is 5.32 Å². The number of aromatic carboxylic acids is 1. The van der Waals surface area contributed by atoms with Gasteiger partial charge in [-0.15, -0.1) is 11.3 Å². The minimum absolute atomic E-state index is 0.0659. The van der Waals surface area contributed by atoms with Crippen LogP contribution in [0.5, 0.6) is 0 Å². The van der Waals surface area contributed by atoms with E-state index >= 15 is 0 Å². The van der Waals surface area contributed by atoms with Crippen molar-refractivity contribution in [3.05, 3.63) is 63.8 Å². The molecule has 0 radical (unpaired) electrons. The van der Waals surface area contributed by atoms with E-state index in [-0.39, 0.29) is 23.3 Å². The standard InChI is InChI=1S/C26H27ClN4O3S/c1-15(2)30-10-8-18(9-11-30)28-25(32)24-29-21-5-3-4-20(26(33)34)23(21)31(24)14-19-13-16-12-17(27)6-7-22(16)35-19/h3-7,12-13,15,18H,8-11,14H2,1-2H3,(H,28,32)(H,33,34). The first-order valence-electron chi connectivity index (χ1n) is 11.8. The number of likely N-dealkylation sites (tertiary alicyclic amines) is 1. The van der Waals surface area contributed by atoms with Gasteiger partial charge in [0.25, 0.3) is 5.91 Å². The highest BCUT2D eigenvalue weighted by atomic mass is 35.5. The molecule has 7 nitrogen and oxygen atoms in total. The molecule has 2 aromatic heterocycles. The number of carbonyl (C=O) groups excluding carboxylic acids is 1. The van der Waals surface area contributed by atoms with Crippen LogP contribution in [-0.4, -0.2) is 56.6 Å². The summed E-state index contributed by atoms with van der Waals surface area (Å²) in [5.41, 5.74) is 1.08. The predicted molar refractivity (Wildman–Crippen MR) is 140 cm³/mol. The van der Waals surface area contributed by atoms with Gasteiger partial charge in [0.05, 0.1) is 23.1 Å². The molecule has 182 valence electrons. The number of piperidine rings is 1. The Morgan fingerprint density at radius 1 is 1.20 bits per heavy atom. The average molecular weight is 511 g/mol. The number of rotatable bonds is 6. The van der Waals surface area contributed by atoms with Crippen molar-refractivity contribution in [1.29, 1.82) is 0 Å². The minimum atomic E-state index is -1.05. The number of imidazole rings is 1. The van der Waals surface area contributed by atoms with E-state index in [4.69, 9.17) is 11.6 Å². The number of hydrogen-bond acceptors (Lipinski definition) is 5. The lowest BCUT2D eigenvalue weighted by Crippen LogP contribution is -2.47. The van der Waals surface area contributed by atoms with E-state index in [9.17, 15) is 14.7 Å². The zero-order valence-corrected chi connectivity index (χ0v) is 21.2. The number of carboxylic acid groups (broad SMARTS) is 1. The summed E-state index contributed by atoms with van der Waals surface area (Å²) in [6.07, 6.45) is 1.75. The second-order valence-corrected chi connectivity index (χ2v) is 10.9. The molecule has 1 aliphatic heterocycles. The first-order chi connectivity index (χ1) is 16.8. The fourth-order valence-corrected chi connectivity index (χ4v) is 6.01. The van der Waals surface area contributed by atoms with E-state index in [0.29, 0.717) is 28.6 Å². The van der Waals surface area contributed by atoms with Gasteiger partial charge in [0, 0.05) is 39.8 Å². The van der Waals surface area contributed by atoms with Crippen LogP contribution >= 0.6 is 22.9 Å². The monoisotopic (exact) mass is 510 g/mol. The van der Waals surface area contributed by atoms with Crippen molar-refractivity contribution in [2.24, 2.45) is 0 Å². The Hall–Kier alpha value is -2.94. The van der Waals surface area contributed by atoms with Gasteiger partial charge in [0.1, 0.15) is 0 Å². The Morgan fingerprint density at radius 2 is 1.97 bits per heavy atom. The highest BCUT2D eigenvalue weighted by molar-refractivity contribution is 7.19. The quantitative estimate of drug-likeness (QED) is 0.370. The van der Waals surface area contributed by atoms with E-state index < -0.39 is 5.97 Å². The van der Waals surface area contributed by atoms with Crippen molar-refractivity contribution in [3.63, 3.8) is 0 Å². The first-order valence-corrected chi connectivity index (χ1v) is 12.9. The van der Waals surface area contributed by atoms with Gasteiger partial charge >= 0.3 is 5.97 Å². The lowest BCUT2D eigenvalue weighted by Gasteiger charge is -2.34. The fraction of sp³-hybridized carbons (Fsp3) is 0.346. The SMILES string of the molecule is CC(C)N1CCC(NC(=O)c2nc3cccc(C(=O)O)c3n2Cc2cc3cc(Cl)ccc3s2)CC1. The molecule has 1 amide bonds. The molecule has 0 aliphatic carbocycles. The van der Waals surface area contributed by atoms with Crippen molar-refractivity contribution in [2.45, 2.75) is 45.3 Å². The molecule has 5 rings (SSSR count). The third kappa shape index (κ3) is 4.78. The van der Waals surface area contributed by atoms with Gasteiger partial charge in [-0.05, 0) is 68.5 Å². The number of carboxylic acids is 1. The van der Waals surface area contributed by atoms with Crippen LogP contribution in [-0.2, 0) is 6.54 Å². The number of nitrogens with one attached hydrogen (secondary N) is 1. The second kappa shape index (κ2) is 9.60. The average Bonchev–Trinajstić information content (AvgIpc) is 3.40. The summed E-state index contributed by atoms with van der Waals surface area (Å²) in [4.78, 5) is 33.4. The molecule has 0 unspecified atom stereocenters. The van der Waals surface area contributed by atoms with Crippen molar-refractivity contribution >= 4 is 55.9 Å². The van der Waals surface area contributed by atoms with Crippen molar-refractivity contribution in [3.8, 4) is 0 Å². The van der Waals surface area contributed by atoms with Crippen molar-refractivity contribution < 1.29 is 14.7 Å². The number of benzene rings is 2. The molecule has 0 saturated carbocycles. The molecule has 0 bridgehead atoms. The van der Waals surface area contributed by atoms with Gasteiger partial charge in [-0.1, -0.05) is 17.7 Å². The Labute approximate surface area is 212 Å². The molecule has 1 aliphatic rings. The van der Waals surface area contributed by atoms with E-state index in [1.165, 1.54) is 0 Å². The maximum atomic E-state index is 13.4. The topological polar surface area (TPSA) is 87.5 Å². The van der Waals surface area contributed by atoms with Crippen LogP contribution in [0.25, 0.3) is 21.1 Å². The maximum absolute atomic E-state index is 13.4. The lowest BCUT2D eigenvalue weighted by atomic mass is 10.0. The molecular formula is C26H27ClN4O3S. The Balaban J connectivity index is 1.50. The molecule has 1 fully saturated rings. The second-order valence-electron chi connectivity index (χ2n) is 9.27. The van der Waals surface area contributed by atoms with Crippen LogP contribution in [0, 0.1) is 0 Å². The molecule has 1 saturated heterocycles. The van der Waals surface area contributed by atoms with Crippen LogP contribution in [0.15, 0.2) is 42.5 Å². The summed E-state index contributed by atoms with van der Waals surface area (Å²) >= 11 is 7.75. The van der Waals surface area contributed by atoms with Crippen LogP contribution in [0.3, 0.4) is 0 Å². The number of fused-ring (bicyclic) bond motifs is 2. The summed E-state index contributed by atoms with van der Waals surface area (Å²) < 4.78 is 2.82. The van der Waals surface area contributed by atoms with Gasteiger partial charge in [-0.3, -0.25) is 4.79 Å². The third-order valence-electron chi connectivity index (χ3n) is 6.64. The summed E-state index contributed by atoms with van der Waals surface area (Å²) in [7, 11) is 0. The molecule has 35 heavy (non-hydrogen) atoms. The van der Waals surface area contributed by atoms with Crippen LogP contribution in [0.2, 0.25) is 5.02 Å². The molecule has 0 spiro atoms. The fourth-order valence-electron chi connectivity index (χ4n) is 4.80. The minimum Gasteiger partial charge on any atom is -0.478 e. The molecule has 0 atom stereocenters. The van der Waals surface area contributed by atoms with Gasteiger partial charge in [0.2, 0.25) is 0 Å². The molecule has 9 heteroatoms. The smallest absolute Gasteiger partial charge is 0.337 e. The zero-order chi connectivity index (χ0) is 24.7. The van der Waals surface area contributed by atoms with Crippen molar-refractivity contribution in [1.82, 2.24) is 19.8 Å². The molecule has 2 N–H and O–H groups in total. The Morgan fingerprint density at radius 3 is 2.69 bits per heavy atom. The number of aromatic nitrogens is 2. The third-order valence-corrected chi connectivity index (χ3v) is 7.97. The first kappa shape index (κ1) is 23.8. The van der Waals surface area contributed by atoms with Gasteiger partial charge in [0.15, 0.2) is 5.82 Å². The summed E-state index contributed by atoms with van der Waals surface area (Å²) in [5, 5.41) is 14.7. The van der Waals surface area contributed by atoms with Gasteiger partial charge in [-0.25, -0.2) is 9.78 Å². The number of thiophene rings is 1. The highest BCUT2D eigenvalue weighted by Gasteiger charge is 2.26. The predicted octanol–water partition coefficient (Wildman–Crippen LogP) is 5.25. The van der Waals surface area contributed by atoms with E-state index in [2.05, 4.69) is 29.0 Å². The van der Waals surface area contributed by atoms with Crippen LogP contribution in [0.1, 0.15) is 52.5 Å². The Bertz CT molecular complexity index is 1420. The van der Waals surface area contributed by atoms with Gasteiger partial charge in [-0.2, -0.15) is 0 Å².